The van der Waals surface area contributed by atoms with Gasteiger partial charge in [-0.2, -0.15) is 0 Å². The Hall–Kier alpha value is -1.26. The van der Waals surface area contributed by atoms with Crippen LogP contribution in [0.4, 0.5) is 0 Å². The standard InChI is InChI=1S/C19H21Cl2NO2/c20-16-6-7-18(17(21)10-16)24-19(15-8-9-22-11-15)13-23-12-14-4-2-1-3-5-14/h1-7,10,15,19,22H,8-9,11-13H2/t15-,19-/m0/s1. The molecule has 0 aromatic heterocycles. The topological polar surface area (TPSA) is 30.5 Å². The highest BCUT2D eigenvalue weighted by Gasteiger charge is 2.27. The van der Waals surface area contributed by atoms with E-state index in [1.165, 1.54) is 0 Å². The summed E-state index contributed by atoms with van der Waals surface area (Å²) in [6, 6.07) is 15.5. The van der Waals surface area contributed by atoms with E-state index >= 15 is 0 Å². The molecule has 0 amide bonds. The number of hydrogen-bond donors (Lipinski definition) is 1. The van der Waals surface area contributed by atoms with Crippen molar-refractivity contribution >= 4 is 23.2 Å². The molecule has 1 N–H and O–H groups in total. The highest BCUT2D eigenvalue weighted by atomic mass is 35.5. The Balaban J connectivity index is 1.62. The maximum atomic E-state index is 6.24. The van der Waals surface area contributed by atoms with E-state index in [1.54, 1.807) is 12.1 Å². The number of benzene rings is 2. The number of rotatable bonds is 7. The van der Waals surface area contributed by atoms with Crippen LogP contribution >= 0.6 is 23.2 Å². The first-order valence-corrected chi connectivity index (χ1v) is 8.92. The summed E-state index contributed by atoms with van der Waals surface area (Å²) < 4.78 is 12.1. The van der Waals surface area contributed by atoms with Crippen LogP contribution in [0.3, 0.4) is 0 Å². The van der Waals surface area contributed by atoms with Gasteiger partial charge >= 0.3 is 0 Å². The van der Waals surface area contributed by atoms with E-state index in [0.717, 1.165) is 25.1 Å². The van der Waals surface area contributed by atoms with Crippen LogP contribution < -0.4 is 10.1 Å². The van der Waals surface area contributed by atoms with E-state index in [0.29, 0.717) is 34.9 Å². The number of nitrogens with one attached hydrogen (secondary N) is 1. The lowest BCUT2D eigenvalue weighted by Crippen LogP contribution is -2.33. The third kappa shape index (κ3) is 4.87. The second kappa shape index (κ2) is 8.72. The first-order valence-electron chi connectivity index (χ1n) is 8.16. The van der Waals surface area contributed by atoms with E-state index < -0.39 is 0 Å². The van der Waals surface area contributed by atoms with Crippen molar-refractivity contribution in [1.29, 1.82) is 0 Å². The zero-order valence-electron chi connectivity index (χ0n) is 13.4. The van der Waals surface area contributed by atoms with Crippen LogP contribution in [0.15, 0.2) is 48.5 Å². The highest BCUT2D eigenvalue weighted by molar-refractivity contribution is 6.35. The number of ether oxygens (including phenoxy) is 2. The quantitative estimate of drug-likeness (QED) is 0.779. The summed E-state index contributed by atoms with van der Waals surface area (Å²) in [7, 11) is 0. The van der Waals surface area contributed by atoms with Crippen molar-refractivity contribution in [3.8, 4) is 5.75 Å². The molecule has 0 aliphatic carbocycles. The molecule has 0 spiro atoms. The van der Waals surface area contributed by atoms with Crippen LogP contribution in [0.1, 0.15) is 12.0 Å². The minimum absolute atomic E-state index is 0.0395. The summed E-state index contributed by atoms with van der Waals surface area (Å²) in [5, 5.41) is 4.51. The predicted molar refractivity (Wildman–Crippen MR) is 98.0 cm³/mol. The molecule has 3 nitrogen and oxygen atoms in total. The van der Waals surface area contributed by atoms with Crippen molar-refractivity contribution in [2.45, 2.75) is 19.1 Å². The van der Waals surface area contributed by atoms with Crippen LogP contribution in [-0.2, 0) is 11.3 Å². The molecule has 0 unspecified atom stereocenters. The minimum atomic E-state index is -0.0395. The fourth-order valence-corrected chi connectivity index (χ4v) is 3.31. The van der Waals surface area contributed by atoms with Gasteiger partial charge in [-0.1, -0.05) is 53.5 Å². The summed E-state index contributed by atoms with van der Waals surface area (Å²) in [6.45, 7) is 3.05. The van der Waals surface area contributed by atoms with Gasteiger partial charge in [0.2, 0.25) is 0 Å². The van der Waals surface area contributed by atoms with Gasteiger partial charge in [0.1, 0.15) is 11.9 Å². The lowest BCUT2D eigenvalue weighted by Gasteiger charge is -2.25. The molecule has 1 saturated heterocycles. The molecule has 2 atom stereocenters. The van der Waals surface area contributed by atoms with Crippen LogP contribution in [0.25, 0.3) is 0 Å². The molecule has 1 aliphatic rings. The molecule has 1 aliphatic heterocycles. The van der Waals surface area contributed by atoms with Crippen LogP contribution in [0.2, 0.25) is 10.0 Å². The van der Waals surface area contributed by atoms with Crippen LogP contribution in [-0.4, -0.2) is 25.8 Å². The largest absolute Gasteiger partial charge is 0.486 e. The first-order chi connectivity index (χ1) is 11.7. The molecule has 128 valence electrons. The van der Waals surface area contributed by atoms with Gasteiger partial charge in [0.05, 0.1) is 18.2 Å². The molecular formula is C19H21Cl2NO2. The smallest absolute Gasteiger partial charge is 0.138 e. The molecule has 3 rings (SSSR count). The summed E-state index contributed by atoms with van der Waals surface area (Å²) in [5.41, 5.74) is 1.16. The van der Waals surface area contributed by atoms with Gasteiger partial charge in [0.15, 0.2) is 0 Å². The Morgan fingerprint density at radius 2 is 1.96 bits per heavy atom. The number of halogens is 2. The van der Waals surface area contributed by atoms with Crippen molar-refractivity contribution < 1.29 is 9.47 Å². The molecule has 2 aromatic rings. The van der Waals surface area contributed by atoms with Gasteiger partial charge in [-0.25, -0.2) is 0 Å². The second-order valence-corrected chi connectivity index (χ2v) is 6.83. The minimum Gasteiger partial charge on any atom is -0.486 e. The Kier molecular flexibility index (Phi) is 6.38. The molecule has 0 bridgehead atoms. The summed E-state index contributed by atoms with van der Waals surface area (Å²) >= 11 is 12.2. The Morgan fingerprint density at radius 3 is 2.67 bits per heavy atom. The van der Waals surface area contributed by atoms with E-state index in [9.17, 15) is 0 Å². The van der Waals surface area contributed by atoms with Crippen molar-refractivity contribution in [2.75, 3.05) is 19.7 Å². The third-order valence-electron chi connectivity index (χ3n) is 4.19. The van der Waals surface area contributed by atoms with Gasteiger partial charge in [0, 0.05) is 17.5 Å². The molecule has 2 aromatic carbocycles. The van der Waals surface area contributed by atoms with Gasteiger partial charge in [-0.05, 0) is 36.7 Å². The van der Waals surface area contributed by atoms with Gasteiger partial charge in [-0.3, -0.25) is 0 Å². The SMILES string of the molecule is Clc1ccc(O[C@@H](COCc2ccccc2)[C@H]2CCNC2)c(Cl)c1. The fourth-order valence-electron chi connectivity index (χ4n) is 2.86. The van der Waals surface area contributed by atoms with E-state index in [2.05, 4.69) is 17.4 Å². The monoisotopic (exact) mass is 365 g/mol. The molecular weight excluding hydrogens is 345 g/mol. The average molecular weight is 366 g/mol. The van der Waals surface area contributed by atoms with Crippen molar-refractivity contribution in [3.05, 3.63) is 64.1 Å². The van der Waals surface area contributed by atoms with Crippen molar-refractivity contribution in [1.82, 2.24) is 5.32 Å². The van der Waals surface area contributed by atoms with E-state index in [-0.39, 0.29) is 6.10 Å². The van der Waals surface area contributed by atoms with Crippen molar-refractivity contribution in [3.63, 3.8) is 0 Å². The number of hydrogen-bond acceptors (Lipinski definition) is 3. The van der Waals surface area contributed by atoms with Gasteiger partial charge in [0.25, 0.3) is 0 Å². The second-order valence-electron chi connectivity index (χ2n) is 5.98. The van der Waals surface area contributed by atoms with Crippen LogP contribution in [0, 0.1) is 5.92 Å². The lowest BCUT2D eigenvalue weighted by molar-refractivity contribution is 0.0166. The van der Waals surface area contributed by atoms with E-state index in [4.69, 9.17) is 32.7 Å². The zero-order valence-corrected chi connectivity index (χ0v) is 14.9. The fraction of sp³-hybridized carbons (Fsp3) is 0.368. The molecule has 0 saturated carbocycles. The molecule has 24 heavy (non-hydrogen) atoms. The normalized spacial score (nSPS) is 18.5. The summed E-state index contributed by atoms with van der Waals surface area (Å²) in [4.78, 5) is 0. The van der Waals surface area contributed by atoms with E-state index in [1.807, 2.05) is 24.3 Å². The van der Waals surface area contributed by atoms with Gasteiger partial charge < -0.3 is 14.8 Å². The molecule has 0 radical (unpaired) electrons. The molecule has 5 heteroatoms. The Labute approximate surface area is 152 Å². The zero-order chi connectivity index (χ0) is 16.8. The summed E-state index contributed by atoms with van der Waals surface area (Å²) in [6.07, 6.45) is 1.03. The maximum Gasteiger partial charge on any atom is 0.138 e. The Bertz CT molecular complexity index is 645. The Morgan fingerprint density at radius 1 is 1.12 bits per heavy atom. The molecule has 1 fully saturated rings. The first kappa shape index (κ1) is 17.6. The third-order valence-corrected chi connectivity index (χ3v) is 4.72. The van der Waals surface area contributed by atoms with Crippen LogP contribution in [0.5, 0.6) is 5.75 Å². The maximum absolute atomic E-state index is 6.24. The van der Waals surface area contributed by atoms with Crippen molar-refractivity contribution in [2.24, 2.45) is 5.92 Å². The lowest BCUT2D eigenvalue weighted by atomic mass is 10.0. The predicted octanol–water partition coefficient (Wildman–Crippen LogP) is 4.57. The average Bonchev–Trinajstić information content (AvgIpc) is 3.11. The highest BCUT2D eigenvalue weighted by Crippen LogP contribution is 2.30. The molecule has 1 heterocycles. The summed E-state index contributed by atoms with van der Waals surface area (Å²) in [5.74, 6) is 1.06. The van der Waals surface area contributed by atoms with Gasteiger partial charge in [-0.15, -0.1) is 0 Å².